The third-order valence-corrected chi connectivity index (χ3v) is 3.03. The van der Waals surface area contributed by atoms with E-state index in [4.69, 9.17) is 9.47 Å². The molecule has 0 aliphatic heterocycles. The number of para-hydroxylation sites is 1. The molecule has 1 heterocycles. The highest BCUT2D eigenvalue weighted by atomic mass is 32.1. The zero-order valence-corrected chi connectivity index (χ0v) is 11.8. The Bertz CT molecular complexity index is 625. The Hall–Kier alpha value is -2.32. The largest absolute Gasteiger partial charge is 0.481 e. The summed E-state index contributed by atoms with van der Waals surface area (Å²) >= 11 is 1.31. The number of esters is 1. The number of nitrogens with zero attached hydrogens (tertiary/aromatic N) is 1. The summed E-state index contributed by atoms with van der Waals surface area (Å²) in [5.41, 5.74) is 1.85. The van der Waals surface area contributed by atoms with Gasteiger partial charge in [-0.25, -0.2) is 9.78 Å². The summed E-state index contributed by atoms with van der Waals surface area (Å²) in [6.45, 7) is 2.33. The lowest BCUT2D eigenvalue weighted by molar-refractivity contribution is 0.0520. The summed E-state index contributed by atoms with van der Waals surface area (Å²) in [4.78, 5) is 16.2. The minimum atomic E-state index is -0.443. The number of carbonyl (C=O) groups excluding carboxylic acids is 1. The molecule has 5 heteroatoms. The standard InChI is InChI=1S/C15H13NO3S/c1-2-18-15(17)14-13(20-11-16-14)9-6-10-19-12-7-4-3-5-8-12/h3-5,7-8,11H,2,10H2,1H3. The summed E-state index contributed by atoms with van der Waals surface area (Å²) in [6, 6.07) is 9.42. The fraction of sp³-hybridized carbons (Fsp3) is 0.200. The zero-order valence-electron chi connectivity index (χ0n) is 11.0. The molecule has 2 rings (SSSR count). The van der Waals surface area contributed by atoms with Crippen molar-refractivity contribution in [1.29, 1.82) is 0 Å². The average Bonchev–Trinajstić information content (AvgIpc) is 2.93. The second kappa shape index (κ2) is 7.31. The Morgan fingerprint density at radius 1 is 1.35 bits per heavy atom. The molecule has 0 saturated heterocycles. The predicted molar refractivity (Wildman–Crippen MR) is 76.9 cm³/mol. The molecule has 0 aliphatic carbocycles. The highest BCUT2D eigenvalue weighted by Crippen LogP contribution is 2.13. The quantitative estimate of drug-likeness (QED) is 0.641. The number of ether oxygens (including phenoxy) is 2. The molecule has 102 valence electrons. The second-order valence-corrected chi connectivity index (χ2v) is 4.51. The monoisotopic (exact) mass is 287 g/mol. The van der Waals surface area contributed by atoms with Gasteiger partial charge in [-0.2, -0.15) is 0 Å². The van der Waals surface area contributed by atoms with Gasteiger partial charge in [0.1, 0.15) is 17.2 Å². The van der Waals surface area contributed by atoms with Crippen molar-refractivity contribution >= 4 is 17.3 Å². The van der Waals surface area contributed by atoms with Crippen LogP contribution in [0, 0.1) is 11.8 Å². The van der Waals surface area contributed by atoms with E-state index in [-0.39, 0.29) is 12.3 Å². The number of aromatic nitrogens is 1. The van der Waals surface area contributed by atoms with E-state index >= 15 is 0 Å². The van der Waals surface area contributed by atoms with Crippen LogP contribution in [0.4, 0.5) is 0 Å². The van der Waals surface area contributed by atoms with E-state index in [1.165, 1.54) is 11.3 Å². The van der Waals surface area contributed by atoms with Crippen molar-refractivity contribution in [3.05, 3.63) is 46.4 Å². The SMILES string of the molecule is CCOC(=O)c1ncsc1C#CCOc1ccccc1. The van der Waals surface area contributed by atoms with Crippen LogP contribution in [0.15, 0.2) is 35.8 Å². The molecule has 0 saturated carbocycles. The van der Waals surface area contributed by atoms with Gasteiger partial charge in [-0.1, -0.05) is 24.1 Å². The topological polar surface area (TPSA) is 48.4 Å². The summed E-state index contributed by atoms with van der Waals surface area (Å²) in [7, 11) is 0. The van der Waals surface area contributed by atoms with Crippen LogP contribution in [0.5, 0.6) is 5.75 Å². The Kier molecular flexibility index (Phi) is 5.15. The Morgan fingerprint density at radius 2 is 2.15 bits per heavy atom. The van der Waals surface area contributed by atoms with Crippen LogP contribution >= 0.6 is 11.3 Å². The fourth-order valence-corrected chi connectivity index (χ4v) is 2.07. The van der Waals surface area contributed by atoms with Gasteiger partial charge in [0, 0.05) is 0 Å². The maximum Gasteiger partial charge on any atom is 0.359 e. The average molecular weight is 287 g/mol. The van der Waals surface area contributed by atoms with Crippen LogP contribution in [0.1, 0.15) is 22.3 Å². The molecule has 0 spiro atoms. The molecule has 0 amide bonds. The summed E-state index contributed by atoms with van der Waals surface area (Å²) in [6.07, 6.45) is 0. The molecular weight excluding hydrogens is 274 g/mol. The van der Waals surface area contributed by atoms with Crippen molar-refractivity contribution in [2.45, 2.75) is 6.92 Å². The van der Waals surface area contributed by atoms with Crippen LogP contribution in [0.3, 0.4) is 0 Å². The fourth-order valence-electron chi connectivity index (χ4n) is 1.43. The molecule has 0 bridgehead atoms. The van der Waals surface area contributed by atoms with Crippen LogP contribution in [-0.2, 0) is 4.74 Å². The van der Waals surface area contributed by atoms with Gasteiger partial charge in [0.05, 0.1) is 12.1 Å². The maximum atomic E-state index is 11.6. The molecular formula is C15H13NO3S. The van der Waals surface area contributed by atoms with Crippen molar-refractivity contribution in [3.63, 3.8) is 0 Å². The second-order valence-electron chi connectivity index (χ2n) is 3.65. The molecule has 1 aromatic carbocycles. The number of rotatable bonds is 4. The van der Waals surface area contributed by atoms with E-state index in [0.29, 0.717) is 11.5 Å². The Balaban J connectivity index is 1.96. The number of hydrogen-bond acceptors (Lipinski definition) is 5. The first-order valence-electron chi connectivity index (χ1n) is 6.08. The lowest BCUT2D eigenvalue weighted by atomic mass is 10.3. The molecule has 2 aromatic rings. The van der Waals surface area contributed by atoms with Crippen molar-refractivity contribution in [1.82, 2.24) is 4.98 Å². The van der Waals surface area contributed by atoms with Crippen molar-refractivity contribution in [2.75, 3.05) is 13.2 Å². The summed E-state index contributed by atoms with van der Waals surface area (Å²) < 4.78 is 10.4. The number of benzene rings is 1. The Labute approximate surface area is 121 Å². The highest BCUT2D eigenvalue weighted by Gasteiger charge is 2.14. The molecule has 0 aliphatic rings. The molecule has 1 aromatic heterocycles. The third kappa shape index (κ3) is 3.84. The van der Waals surface area contributed by atoms with Crippen molar-refractivity contribution in [3.8, 4) is 17.6 Å². The van der Waals surface area contributed by atoms with E-state index < -0.39 is 5.97 Å². The van der Waals surface area contributed by atoms with Crippen LogP contribution in [-0.4, -0.2) is 24.2 Å². The molecule has 0 fully saturated rings. The van der Waals surface area contributed by atoms with E-state index in [9.17, 15) is 4.79 Å². The van der Waals surface area contributed by atoms with Gasteiger partial charge in [-0.15, -0.1) is 11.3 Å². The van der Waals surface area contributed by atoms with Crippen LogP contribution in [0.25, 0.3) is 0 Å². The van der Waals surface area contributed by atoms with Crippen LogP contribution < -0.4 is 4.74 Å². The molecule has 0 radical (unpaired) electrons. The van der Waals surface area contributed by atoms with Gasteiger partial charge in [0.15, 0.2) is 5.69 Å². The van der Waals surface area contributed by atoms with E-state index in [0.717, 1.165) is 5.75 Å². The van der Waals surface area contributed by atoms with Gasteiger partial charge < -0.3 is 9.47 Å². The van der Waals surface area contributed by atoms with Crippen molar-refractivity contribution < 1.29 is 14.3 Å². The first-order chi connectivity index (χ1) is 9.81. The number of hydrogen-bond donors (Lipinski definition) is 0. The lowest BCUT2D eigenvalue weighted by Crippen LogP contribution is -2.06. The molecule has 0 atom stereocenters. The van der Waals surface area contributed by atoms with E-state index in [1.807, 2.05) is 30.3 Å². The first kappa shape index (κ1) is 14.1. The van der Waals surface area contributed by atoms with Crippen LogP contribution in [0.2, 0.25) is 0 Å². The van der Waals surface area contributed by atoms with Gasteiger partial charge in [0.2, 0.25) is 0 Å². The Morgan fingerprint density at radius 3 is 2.90 bits per heavy atom. The number of carbonyl (C=O) groups is 1. The molecule has 4 nitrogen and oxygen atoms in total. The van der Waals surface area contributed by atoms with E-state index in [1.54, 1.807) is 12.4 Å². The van der Waals surface area contributed by atoms with Gasteiger partial charge in [-0.05, 0) is 25.0 Å². The molecule has 20 heavy (non-hydrogen) atoms. The van der Waals surface area contributed by atoms with Gasteiger partial charge in [0.25, 0.3) is 0 Å². The minimum absolute atomic E-state index is 0.254. The normalized spacial score (nSPS) is 9.45. The summed E-state index contributed by atoms with van der Waals surface area (Å²) in [5, 5.41) is 0. The minimum Gasteiger partial charge on any atom is -0.481 e. The van der Waals surface area contributed by atoms with Crippen molar-refractivity contribution in [2.24, 2.45) is 0 Å². The molecule has 0 unspecified atom stereocenters. The highest BCUT2D eigenvalue weighted by molar-refractivity contribution is 7.10. The molecule has 0 N–H and O–H groups in total. The zero-order chi connectivity index (χ0) is 14.2. The van der Waals surface area contributed by atoms with Gasteiger partial charge >= 0.3 is 5.97 Å². The smallest absolute Gasteiger partial charge is 0.359 e. The first-order valence-corrected chi connectivity index (χ1v) is 6.96. The van der Waals surface area contributed by atoms with E-state index in [2.05, 4.69) is 16.8 Å². The maximum absolute atomic E-state index is 11.6. The lowest BCUT2D eigenvalue weighted by Gasteiger charge is -1.99. The third-order valence-electron chi connectivity index (χ3n) is 2.29. The predicted octanol–water partition coefficient (Wildman–Crippen LogP) is 2.75. The number of thiazole rings is 1. The summed E-state index contributed by atoms with van der Waals surface area (Å²) in [5.74, 6) is 6.07. The van der Waals surface area contributed by atoms with Gasteiger partial charge in [-0.3, -0.25) is 0 Å².